The summed E-state index contributed by atoms with van der Waals surface area (Å²) in [6.07, 6.45) is 3.70. The highest BCUT2D eigenvalue weighted by Crippen LogP contribution is 2.24. The Hall–Kier alpha value is -2.03. The Balaban J connectivity index is 2.19. The number of benzene rings is 1. The first-order valence-electron chi connectivity index (χ1n) is 6.91. The summed E-state index contributed by atoms with van der Waals surface area (Å²) in [5.74, 6) is 0. The normalized spacial score (nSPS) is 10.4. The molecular weight excluding hydrogens is 246 g/mol. The lowest BCUT2D eigenvalue weighted by atomic mass is 10.0. The molecule has 0 bridgehead atoms. The van der Waals surface area contributed by atoms with Crippen LogP contribution in [0.1, 0.15) is 22.3 Å². The van der Waals surface area contributed by atoms with Gasteiger partial charge in [-0.05, 0) is 49.1 Å². The first-order chi connectivity index (χ1) is 9.49. The lowest BCUT2D eigenvalue weighted by Crippen LogP contribution is -2.12. The average molecular weight is 269 g/mol. The van der Waals surface area contributed by atoms with E-state index in [9.17, 15) is 0 Å². The highest BCUT2D eigenvalue weighted by molar-refractivity contribution is 5.68. The number of hydrogen-bond donors (Lipinski definition) is 1. The fraction of sp³-hybridized carbons (Fsp3) is 0.353. The molecule has 0 saturated carbocycles. The van der Waals surface area contributed by atoms with Gasteiger partial charge in [-0.3, -0.25) is 4.98 Å². The summed E-state index contributed by atoms with van der Waals surface area (Å²) in [5.41, 5.74) is 7.57. The molecule has 1 heterocycles. The van der Waals surface area contributed by atoms with Crippen molar-refractivity contribution in [1.82, 2.24) is 4.98 Å². The number of nitrogens with zero attached hydrogens (tertiary/aromatic N) is 2. The van der Waals surface area contributed by atoms with Crippen molar-refractivity contribution in [2.24, 2.45) is 0 Å². The van der Waals surface area contributed by atoms with Crippen LogP contribution in [-0.2, 0) is 6.54 Å². The summed E-state index contributed by atoms with van der Waals surface area (Å²) < 4.78 is 0. The number of aryl methyl sites for hydroxylation is 3. The first kappa shape index (κ1) is 14.4. The van der Waals surface area contributed by atoms with E-state index in [4.69, 9.17) is 0 Å². The van der Waals surface area contributed by atoms with Crippen molar-refractivity contribution < 1.29 is 0 Å². The summed E-state index contributed by atoms with van der Waals surface area (Å²) >= 11 is 0. The van der Waals surface area contributed by atoms with Gasteiger partial charge in [-0.1, -0.05) is 12.1 Å². The van der Waals surface area contributed by atoms with E-state index in [-0.39, 0.29) is 0 Å². The molecule has 0 amide bonds. The molecule has 1 N–H and O–H groups in total. The van der Waals surface area contributed by atoms with Crippen LogP contribution in [0, 0.1) is 20.8 Å². The van der Waals surface area contributed by atoms with Gasteiger partial charge >= 0.3 is 0 Å². The molecule has 0 atom stereocenters. The van der Waals surface area contributed by atoms with Gasteiger partial charge in [0.1, 0.15) is 0 Å². The number of aromatic nitrogens is 1. The molecule has 0 aliphatic heterocycles. The van der Waals surface area contributed by atoms with Gasteiger partial charge in [0.2, 0.25) is 0 Å². The molecule has 0 radical (unpaired) electrons. The van der Waals surface area contributed by atoms with Crippen molar-refractivity contribution in [3.05, 3.63) is 52.8 Å². The zero-order valence-corrected chi connectivity index (χ0v) is 13.0. The smallest absolute Gasteiger partial charge is 0.0766 e. The van der Waals surface area contributed by atoms with E-state index >= 15 is 0 Å². The third kappa shape index (κ3) is 3.10. The van der Waals surface area contributed by atoms with E-state index in [0.29, 0.717) is 0 Å². The van der Waals surface area contributed by atoms with Crippen LogP contribution in [-0.4, -0.2) is 19.1 Å². The van der Waals surface area contributed by atoms with E-state index in [1.54, 1.807) is 0 Å². The third-order valence-corrected chi connectivity index (χ3v) is 3.70. The SMILES string of the molecule is Cc1cc(C)c(CNc2cnccc2N(C)C)cc1C. The monoisotopic (exact) mass is 269 g/mol. The Morgan fingerprint density at radius 1 is 1.05 bits per heavy atom. The predicted molar refractivity (Wildman–Crippen MR) is 86.5 cm³/mol. The van der Waals surface area contributed by atoms with E-state index < -0.39 is 0 Å². The van der Waals surface area contributed by atoms with Crippen LogP contribution in [0.2, 0.25) is 0 Å². The second-order valence-electron chi connectivity index (χ2n) is 5.50. The molecule has 3 heteroatoms. The van der Waals surface area contributed by atoms with Crippen molar-refractivity contribution in [3.63, 3.8) is 0 Å². The molecular formula is C17H23N3. The van der Waals surface area contributed by atoms with Crippen molar-refractivity contribution in [3.8, 4) is 0 Å². The third-order valence-electron chi connectivity index (χ3n) is 3.70. The molecule has 0 fully saturated rings. The zero-order chi connectivity index (χ0) is 14.7. The quantitative estimate of drug-likeness (QED) is 0.917. The number of anilines is 2. The summed E-state index contributed by atoms with van der Waals surface area (Å²) in [6.45, 7) is 7.30. The molecule has 0 saturated heterocycles. The van der Waals surface area contributed by atoms with Crippen LogP contribution >= 0.6 is 0 Å². The summed E-state index contributed by atoms with van der Waals surface area (Å²) in [6, 6.07) is 6.54. The van der Waals surface area contributed by atoms with Crippen LogP contribution in [0.5, 0.6) is 0 Å². The van der Waals surface area contributed by atoms with Gasteiger partial charge in [0, 0.05) is 26.8 Å². The zero-order valence-electron chi connectivity index (χ0n) is 13.0. The van der Waals surface area contributed by atoms with Gasteiger partial charge in [0.15, 0.2) is 0 Å². The van der Waals surface area contributed by atoms with Gasteiger partial charge in [0.05, 0.1) is 17.6 Å². The van der Waals surface area contributed by atoms with E-state index in [1.165, 1.54) is 22.3 Å². The second-order valence-corrected chi connectivity index (χ2v) is 5.50. The van der Waals surface area contributed by atoms with E-state index in [2.05, 4.69) is 48.1 Å². The van der Waals surface area contributed by atoms with E-state index in [0.717, 1.165) is 17.9 Å². The second kappa shape index (κ2) is 5.95. The molecule has 1 aromatic heterocycles. The number of rotatable bonds is 4. The van der Waals surface area contributed by atoms with Gasteiger partial charge in [-0.15, -0.1) is 0 Å². The Kier molecular flexibility index (Phi) is 4.28. The Morgan fingerprint density at radius 2 is 1.75 bits per heavy atom. The lowest BCUT2D eigenvalue weighted by molar-refractivity contribution is 1.07. The maximum absolute atomic E-state index is 4.20. The summed E-state index contributed by atoms with van der Waals surface area (Å²) in [7, 11) is 4.09. The molecule has 3 nitrogen and oxygen atoms in total. The molecule has 2 rings (SSSR count). The van der Waals surface area contributed by atoms with Crippen molar-refractivity contribution in [1.29, 1.82) is 0 Å². The van der Waals surface area contributed by atoms with Crippen LogP contribution in [0.3, 0.4) is 0 Å². The highest BCUT2D eigenvalue weighted by atomic mass is 15.1. The van der Waals surface area contributed by atoms with Gasteiger partial charge < -0.3 is 10.2 Å². The molecule has 0 unspecified atom stereocenters. The molecule has 20 heavy (non-hydrogen) atoms. The first-order valence-corrected chi connectivity index (χ1v) is 6.91. The maximum Gasteiger partial charge on any atom is 0.0766 e. The maximum atomic E-state index is 4.20. The largest absolute Gasteiger partial charge is 0.378 e. The predicted octanol–water partition coefficient (Wildman–Crippen LogP) is 3.68. The van der Waals surface area contributed by atoms with E-state index in [1.807, 2.05) is 32.6 Å². The number of hydrogen-bond acceptors (Lipinski definition) is 3. The molecule has 2 aromatic rings. The fourth-order valence-electron chi connectivity index (χ4n) is 2.31. The Morgan fingerprint density at radius 3 is 2.45 bits per heavy atom. The van der Waals surface area contributed by atoms with Gasteiger partial charge in [0.25, 0.3) is 0 Å². The minimum absolute atomic E-state index is 0.819. The summed E-state index contributed by atoms with van der Waals surface area (Å²) in [5, 5.41) is 3.49. The number of pyridine rings is 1. The lowest BCUT2D eigenvalue weighted by Gasteiger charge is -2.18. The molecule has 106 valence electrons. The summed E-state index contributed by atoms with van der Waals surface area (Å²) in [4.78, 5) is 6.30. The van der Waals surface area contributed by atoms with Gasteiger partial charge in [-0.25, -0.2) is 0 Å². The van der Waals surface area contributed by atoms with Crippen LogP contribution in [0.4, 0.5) is 11.4 Å². The Labute approximate surface area is 121 Å². The standard InChI is InChI=1S/C17H23N3/c1-12-8-14(3)15(9-13(12)2)10-19-16-11-18-7-6-17(16)20(4)5/h6-9,11,19H,10H2,1-5H3. The van der Waals surface area contributed by atoms with Crippen LogP contribution in [0.25, 0.3) is 0 Å². The fourth-order valence-corrected chi connectivity index (χ4v) is 2.31. The molecule has 0 aliphatic carbocycles. The average Bonchev–Trinajstić information content (AvgIpc) is 2.41. The highest BCUT2D eigenvalue weighted by Gasteiger charge is 2.06. The molecule has 1 aromatic carbocycles. The Bertz CT molecular complexity index is 603. The van der Waals surface area contributed by atoms with Crippen molar-refractivity contribution in [2.75, 3.05) is 24.3 Å². The van der Waals surface area contributed by atoms with Gasteiger partial charge in [-0.2, -0.15) is 0 Å². The molecule has 0 aliphatic rings. The minimum atomic E-state index is 0.819. The van der Waals surface area contributed by atoms with Crippen molar-refractivity contribution >= 4 is 11.4 Å². The van der Waals surface area contributed by atoms with Crippen molar-refractivity contribution in [2.45, 2.75) is 27.3 Å². The van der Waals surface area contributed by atoms with Crippen LogP contribution in [0.15, 0.2) is 30.6 Å². The minimum Gasteiger partial charge on any atom is -0.378 e. The molecule has 0 spiro atoms. The topological polar surface area (TPSA) is 28.2 Å². The number of nitrogens with one attached hydrogen (secondary N) is 1. The van der Waals surface area contributed by atoms with Crippen LogP contribution < -0.4 is 10.2 Å².